The molecule has 0 unspecified atom stereocenters. The summed E-state index contributed by atoms with van der Waals surface area (Å²) in [7, 11) is -27.1. The number of aromatic hydroxyl groups is 1. The van der Waals surface area contributed by atoms with Crippen LogP contribution in [0.25, 0.3) is 11.3 Å². The van der Waals surface area contributed by atoms with E-state index >= 15 is 0 Å². The number of para-hydroxylation sites is 3. The topological polar surface area (TPSA) is 728 Å². The van der Waals surface area contributed by atoms with Crippen LogP contribution in [0.2, 0.25) is 0 Å². The molecule has 0 atom stereocenters. The molecule has 150 heavy (non-hydrogen) atoms. The Balaban J connectivity index is 0.000000160. The molecule has 8 heterocycles. The highest BCUT2D eigenvalue weighted by molar-refractivity contribution is 7.87. The van der Waals surface area contributed by atoms with Gasteiger partial charge in [0.2, 0.25) is 53.5 Å². The molecule has 0 saturated carbocycles. The van der Waals surface area contributed by atoms with Crippen LogP contribution < -0.4 is 47.9 Å². The maximum Gasteiger partial charge on any atom is 0.296 e. The Kier molecular flexibility index (Phi) is 31.4. The summed E-state index contributed by atoms with van der Waals surface area (Å²) in [4.78, 5) is 134. The van der Waals surface area contributed by atoms with Crippen molar-refractivity contribution in [2.24, 2.45) is 4.99 Å². The van der Waals surface area contributed by atoms with E-state index in [1.54, 1.807) is 32.9 Å². The van der Waals surface area contributed by atoms with Crippen LogP contribution >= 0.6 is 0 Å². The molecule has 4 aliphatic heterocycles. The molecule has 0 aliphatic carbocycles. The summed E-state index contributed by atoms with van der Waals surface area (Å²) in [6.45, 7) is 5.69. The van der Waals surface area contributed by atoms with Crippen molar-refractivity contribution >= 4 is 212 Å². The average Bonchev–Trinajstić information content (AvgIpc) is 1.59. The van der Waals surface area contributed by atoms with Gasteiger partial charge in [0.05, 0.1) is 87.7 Å². The van der Waals surface area contributed by atoms with Gasteiger partial charge in [-0.1, -0.05) is 112 Å². The van der Waals surface area contributed by atoms with Gasteiger partial charge in [0.1, 0.15) is 14.7 Å². The molecule has 17 N–H and O–H groups in total. The lowest BCUT2D eigenvalue weighted by molar-refractivity contribution is 0.0647. The first kappa shape index (κ1) is 108. The second kappa shape index (κ2) is 43.7. The first-order chi connectivity index (χ1) is 70.2. The zero-order valence-electron chi connectivity index (χ0n) is 76.1. The van der Waals surface area contributed by atoms with Crippen LogP contribution in [-0.2, 0) is 60.7 Å². The molecule has 4 aromatic heterocycles. The molecule has 4 aliphatic rings. The Labute approximate surface area is 853 Å². The number of aromatic nitrogens is 10. The van der Waals surface area contributed by atoms with Crippen molar-refractivity contribution < 1.29 is 116 Å². The highest BCUT2D eigenvalue weighted by Gasteiger charge is 2.39. The first-order valence-electron chi connectivity index (χ1n) is 43.1. The molecule has 0 bridgehead atoms. The predicted octanol–water partition coefficient (Wildman–Crippen LogP) is 14.3. The quantitative estimate of drug-likeness (QED) is 0.0153. The summed E-state index contributed by atoms with van der Waals surface area (Å²) < 4.78 is 196. The molecule has 0 saturated heterocycles. The third-order valence-electron chi connectivity index (χ3n) is 21.7. The number of amides is 7. The molecule has 0 fully saturated rings. The number of hydrogen-bond acceptors (Lipinski definition) is 38. The number of rotatable bonds is 29. The van der Waals surface area contributed by atoms with Crippen molar-refractivity contribution in [1.82, 2.24) is 64.5 Å². The lowest BCUT2D eigenvalue weighted by Crippen LogP contribution is -2.29. The monoisotopic (exact) mass is 2150 g/mol. The number of hydrogen-bond donors (Lipinski definition) is 17. The van der Waals surface area contributed by atoms with Crippen molar-refractivity contribution in [3.63, 3.8) is 0 Å². The van der Waals surface area contributed by atoms with Crippen molar-refractivity contribution in [2.45, 2.75) is 65.0 Å². The van der Waals surface area contributed by atoms with Gasteiger partial charge in [-0.25, -0.2) is 4.99 Å². The first-order valence-corrected chi connectivity index (χ1v) is 51.7. The molecule has 0 spiro atoms. The van der Waals surface area contributed by atoms with E-state index in [-0.39, 0.29) is 171 Å². The van der Waals surface area contributed by atoms with E-state index in [4.69, 9.17) is 0 Å². The third-order valence-corrected chi connectivity index (χ3v) is 27.1. The van der Waals surface area contributed by atoms with E-state index in [1.165, 1.54) is 164 Å². The Bertz CT molecular complexity index is 8530. The lowest BCUT2D eigenvalue weighted by Gasteiger charge is -2.14. The Morgan fingerprint density at radius 2 is 0.500 bits per heavy atom. The van der Waals surface area contributed by atoms with Gasteiger partial charge >= 0.3 is 0 Å². The standard InChI is InChI=1S/3C25H21N7O8S2.C18H12N2O2.2CH4/c1-2-32-21(33)19-12-7-16(13-20(19)22(32)34)28-25-30-23(26-14-3-8-17(9-4-14)41(35,36)37)29-24(31-25)27-15-5-10-18(11-6-15)42(38,39)40;1-2-32-21(33)15-12-11-14(13-16(15)22(32)34)26-23-29-24(27-17-7-3-5-9-19(17)41(35,36)37)31-25(30-23)28-18-8-4-6-10-20(18)42(38,39)40;1-2-32-21(33)17-12-9-15(13-18(17)22(32)34)27-24-29-23(26-14-7-10-16(11-8-14)41(35,36)37)30-25(31-24)28-19-5-3-4-6-20(19)42(38,39)40;21-17-13-14(16(20-17)12-9-5-2-6-10-12)18(22)19-15(13)11-7-3-1-4-8-11;;/h3*3-13H,2H2,1H3,(H,35,36,37)(H,38,39,40)(H3,26,27,28,29,30,31);1-10,19,22H;2*1H4. The fourth-order valence-electron chi connectivity index (χ4n) is 15.0. The molecule has 15 aromatic rings. The summed E-state index contributed by atoms with van der Waals surface area (Å²) in [5.74, 6) is -3.85. The molecular weight excluding hydrogens is 2070 g/mol. The SMILES string of the molecule is C.C.CCN1C(=O)c2ccc(Nc3nc(Nc4ccc(S(=O)(=O)O)cc4)nc(Nc4ccc(S(=O)(=O)O)cc4)n3)cc2C1=O.CCN1C(=O)c2ccc(Nc3nc(Nc4ccc(S(=O)(=O)O)cc4)nc(Nc4ccccc4S(=O)(=O)O)n3)cc2C1=O.CCN1C(=O)c2ccc(Nc3nc(Nc4ccccc4S(=O)(=O)O)nc(Nc4ccccc4S(=O)(=O)O)n3)cc2C1=O.O=C1N=C(c2ccccc2)c2c(O)[nH]c(-c3ccccc3)c21. The average molecular weight is 2160 g/mol. The van der Waals surface area contributed by atoms with Gasteiger partial charge in [-0.05, 0) is 190 Å². The molecule has 49 nitrogen and oxygen atoms in total. The number of H-pyrrole nitrogens is 1. The van der Waals surface area contributed by atoms with Crippen LogP contribution in [0, 0.1) is 0 Å². The van der Waals surface area contributed by atoms with E-state index in [0.29, 0.717) is 56.7 Å². The minimum Gasteiger partial charge on any atom is -0.494 e. The Hall–Kier alpha value is -18.1. The molecule has 770 valence electrons. The largest absolute Gasteiger partial charge is 0.494 e. The number of carbonyl (C=O) groups is 7. The summed E-state index contributed by atoms with van der Waals surface area (Å²) >= 11 is 0. The molecule has 55 heteroatoms. The number of fused-ring (bicyclic) bond motifs is 4. The number of aliphatic imine (C=N–C) groups is 1. The highest BCUT2D eigenvalue weighted by Crippen LogP contribution is 2.40. The number of imide groups is 3. The van der Waals surface area contributed by atoms with Crippen LogP contribution in [0.15, 0.2) is 295 Å². The molecule has 11 aromatic carbocycles. The molecular formula is C95H83N23O26S6. The van der Waals surface area contributed by atoms with Crippen molar-refractivity contribution in [2.75, 3.05) is 67.5 Å². The van der Waals surface area contributed by atoms with Crippen LogP contribution in [0.1, 0.15) is 119 Å². The van der Waals surface area contributed by atoms with Gasteiger partial charge in [-0.2, -0.15) is 95.4 Å². The molecule has 0 radical (unpaired) electrons. The van der Waals surface area contributed by atoms with Crippen molar-refractivity contribution in [3.05, 3.63) is 311 Å². The van der Waals surface area contributed by atoms with Crippen molar-refractivity contribution in [1.29, 1.82) is 0 Å². The minimum atomic E-state index is -4.64. The van der Waals surface area contributed by atoms with Gasteiger partial charge < -0.3 is 57.9 Å². The van der Waals surface area contributed by atoms with Crippen LogP contribution in [-0.4, -0.2) is 214 Å². The van der Waals surface area contributed by atoms with E-state index in [2.05, 4.69) is 103 Å². The third kappa shape index (κ3) is 24.3. The maximum absolute atomic E-state index is 12.7. The number of benzene rings is 11. The second-order valence-corrected chi connectivity index (χ2v) is 39.8. The van der Waals surface area contributed by atoms with E-state index in [1.807, 2.05) is 60.7 Å². The number of nitrogens with one attached hydrogen (secondary N) is 10. The van der Waals surface area contributed by atoms with Gasteiger partial charge in [0, 0.05) is 59.3 Å². The van der Waals surface area contributed by atoms with Crippen LogP contribution in [0.5, 0.6) is 5.88 Å². The van der Waals surface area contributed by atoms with Crippen LogP contribution in [0.3, 0.4) is 0 Å². The smallest absolute Gasteiger partial charge is 0.296 e. The van der Waals surface area contributed by atoms with Gasteiger partial charge in [-0.15, -0.1) is 0 Å². The summed E-state index contributed by atoms with van der Waals surface area (Å²) in [5, 5.41) is 35.8. The zero-order valence-corrected chi connectivity index (χ0v) is 81.0. The zero-order chi connectivity index (χ0) is 106. The second-order valence-electron chi connectivity index (χ2n) is 31.4. The Morgan fingerprint density at radius 3 is 0.760 bits per heavy atom. The molecule has 7 amide bonds. The molecule has 19 rings (SSSR count). The van der Waals surface area contributed by atoms with E-state index in [0.717, 1.165) is 50.1 Å². The number of carbonyl (C=O) groups excluding carboxylic acids is 7. The minimum absolute atomic E-state index is 0. The highest BCUT2D eigenvalue weighted by atomic mass is 32.2. The van der Waals surface area contributed by atoms with Gasteiger partial charge in [0.15, 0.2) is 5.88 Å². The van der Waals surface area contributed by atoms with Gasteiger partial charge in [0.25, 0.3) is 102 Å². The normalized spacial score (nSPS) is 13.0. The summed E-state index contributed by atoms with van der Waals surface area (Å²) in [6.07, 6.45) is 0. The number of anilines is 18. The van der Waals surface area contributed by atoms with Crippen molar-refractivity contribution in [3.8, 4) is 17.1 Å². The van der Waals surface area contributed by atoms with E-state index in [9.17, 15) is 116 Å². The number of aromatic amines is 1. The lowest BCUT2D eigenvalue weighted by atomic mass is 10.0. The summed E-state index contributed by atoms with van der Waals surface area (Å²) in [6, 6.07) is 63.9. The number of nitrogens with zero attached hydrogens (tertiary/aromatic N) is 13. The maximum atomic E-state index is 12.7. The summed E-state index contributed by atoms with van der Waals surface area (Å²) in [5.41, 5.74) is 6.93. The van der Waals surface area contributed by atoms with Crippen LogP contribution in [0.4, 0.5) is 105 Å². The fourth-order valence-corrected chi connectivity index (χ4v) is 18.4. The predicted molar refractivity (Wildman–Crippen MR) is 547 cm³/mol. The van der Waals surface area contributed by atoms with Gasteiger partial charge in [-0.3, -0.25) is 75.6 Å². The fraction of sp³-hybridized carbons (Fsp3) is 0.0842. The Morgan fingerprint density at radius 1 is 0.267 bits per heavy atom. The van der Waals surface area contributed by atoms with E-state index < -0.39 is 105 Å².